The molecule has 1 aromatic rings. The predicted octanol–water partition coefficient (Wildman–Crippen LogP) is 3.21. The number of esters is 2. The van der Waals surface area contributed by atoms with Crippen molar-refractivity contribution in [1.82, 2.24) is 0 Å². The highest BCUT2D eigenvalue weighted by Crippen LogP contribution is 2.29. The number of hydrogen-bond acceptors (Lipinski definition) is 8. The molecule has 0 radical (unpaired) electrons. The lowest BCUT2D eigenvalue weighted by molar-refractivity contribution is -0.304. The summed E-state index contributed by atoms with van der Waals surface area (Å²) in [6, 6.07) is 6.74. The van der Waals surface area contributed by atoms with Gasteiger partial charge in [-0.3, -0.25) is 9.59 Å². The van der Waals surface area contributed by atoms with Crippen LogP contribution in [0.15, 0.2) is 24.3 Å². The molecule has 1 aromatic carbocycles. The molecule has 1 fully saturated rings. The monoisotopic (exact) mass is 420 g/mol. The van der Waals surface area contributed by atoms with Gasteiger partial charge in [-0.15, -0.1) is 0 Å². The molecule has 3 N–H and O–H groups in total. The first-order valence-corrected chi connectivity index (χ1v) is 9.99. The molecule has 0 saturated carbocycles. The van der Waals surface area contributed by atoms with Crippen molar-refractivity contribution in [3.63, 3.8) is 0 Å². The zero-order chi connectivity index (χ0) is 22.5. The molecule has 2 atom stereocenters. The van der Waals surface area contributed by atoms with E-state index in [2.05, 4.69) is 0 Å². The van der Waals surface area contributed by atoms with Crippen LogP contribution in [0.4, 0.5) is 5.69 Å². The van der Waals surface area contributed by atoms with Crippen LogP contribution in [0.2, 0.25) is 0 Å². The van der Waals surface area contributed by atoms with E-state index in [0.717, 1.165) is 0 Å². The third-order valence-corrected chi connectivity index (χ3v) is 4.25. The Morgan fingerprint density at radius 2 is 1.73 bits per heavy atom. The Morgan fingerprint density at radius 3 is 2.33 bits per heavy atom. The molecule has 2 rings (SSSR count). The van der Waals surface area contributed by atoms with E-state index in [0.29, 0.717) is 17.7 Å². The standard InChI is InChI=1S/C22H32N2O6/c1-21(2,3)30-20(26)11-16-10-17(29-22(4,5)28-16)13-27-19(25)12-18(24)14-6-8-15(23)9-7-14/h6-9,16-17,24H,10-13,23H2,1-5H3/t16-,17+/m1/s1. The van der Waals surface area contributed by atoms with Crippen LogP contribution < -0.4 is 5.73 Å². The number of rotatable bonds is 7. The van der Waals surface area contributed by atoms with Gasteiger partial charge >= 0.3 is 11.9 Å². The van der Waals surface area contributed by atoms with Gasteiger partial charge in [-0.2, -0.15) is 0 Å². The molecule has 8 heteroatoms. The van der Waals surface area contributed by atoms with Crippen LogP contribution >= 0.6 is 0 Å². The van der Waals surface area contributed by atoms with Crippen LogP contribution in [0.5, 0.6) is 0 Å². The van der Waals surface area contributed by atoms with E-state index in [1.165, 1.54) is 0 Å². The molecule has 0 amide bonds. The molecule has 30 heavy (non-hydrogen) atoms. The van der Waals surface area contributed by atoms with E-state index in [9.17, 15) is 9.59 Å². The third kappa shape index (κ3) is 8.12. The van der Waals surface area contributed by atoms with Gasteiger partial charge in [-0.1, -0.05) is 12.1 Å². The van der Waals surface area contributed by atoms with Gasteiger partial charge in [-0.25, -0.2) is 0 Å². The number of benzene rings is 1. The van der Waals surface area contributed by atoms with E-state index in [1.54, 1.807) is 38.1 Å². The molecule has 0 aromatic heterocycles. The van der Waals surface area contributed by atoms with E-state index in [1.807, 2.05) is 20.8 Å². The van der Waals surface area contributed by atoms with Crippen LogP contribution in [0.25, 0.3) is 0 Å². The van der Waals surface area contributed by atoms with E-state index in [4.69, 9.17) is 30.1 Å². The molecular weight excluding hydrogens is 388 g/mol. The predicted molar refractivity (Wildman–Crippen MR) is 112 cm³/mol. The Morgan fingerprint density at radius 1 is 1.13 bits per heavy atom. The van der Waals surface area contributed by atoms with Gasteiger partial charge in [0.2, 0.25) is 0 Å². The normalized spacial score (nSPS) is 21.0. The Hall–Kier alpha value is -2.45. The summed E-state index contributed by atoms with van der Waals surface area (Å²) in [5, 5.41) is 8.05. The van der Waals surface area contributed by atoms with Crippen LogP contribution in [0, 0.1) is 5.41 Å². The topological polar surface area (TPSA) is 121 Å². The van der Waals surface area contributed by atoms with Crippen molar-refractivity contribution in [2.45, 2.75) is 77.5 Å². The zero-order valence-electron chi connectivity index (χ0n) is 18.3. The first-order valence-electron chi connectivity index (χ1n) is 9.99. The Bertz CT molecular complexity index is 767. The minimum Gasteiger partial charge on any atom is -0.463 e. The van der Waals surface area contributed by atoms with Crippen molar-refractivity contribution in [1.29, 1.82) is 5.41 Å². The van der Waals surface area contributed by atoms with Gasteiger partial charge in [0, 0.05) is 17.8 Å². The van der Waals surface area contributed by atoms with E-state index < -0.39 is 29.6 Å². The second-order valence-corrected chi connectivity index (χ2v) is 8.87. The number of carbonyl (C=O) groups excluding carboxylic acids is 2. The second-order valence-electron chi connectivity index (χ2n) is 8.87. The highest BCUT2D eigenvalue weighted by Gasteiger charge is 2.37. The number of ether oxygens (including phenoxy) is 4. The first-order chi connectivity index (χ1) is 13.8. The lowest BCUT2D eigenvalue weighted by Crippen LogP contribution is -2.47. The van der Waals surface area contributed by atoms with Gasteiger partial charge in [0.15, 0.2) is 5.79 Å². The number of nitrogen functional groups attached to an aromatic ring is 1. The zero-order valence-corrected chi connectivity index (χ0v) is 18.3. The van der Waals surface area contributed by atoms with Crippen molar-refractivity contribution < 1.29 is 28.5 Å². The molecule has 166 valence electrons. The summed E-state index contributed by atoms with van der Waals surface area (Å²) < 4.78 is 22.3. The maximum absolute atomic E-state index is 12.2. The summed E-state index contributed by atoms with van der Waals surface area (Å²) >= 11 is 0. The van der Waals surface area contributed by atoms with Gasteiger partial charge in [0.1, 0.15) is 12.2 Å². The summed E-state index contributed by atoms with van der Waals surface area (Å²) in [6.07, 6.45) is -0.490. The fourth-order valence-corrected chi connectivity index (χ4v) is 3.18. The molecule has 1 saturated heterocycles. The van der Waals surface area contributed by atoms with Crippen molar-refractivity contribution in [3.8, 4) is 0 Å². The molecule has 8 nitrogen and oxygen atoms in total. The molecule has 1 aliphatic heterocycles. The molecule has 0 unspecified atom stereocenters. The van der Waals surface area contributed by atoms with Crippen LogP contribution in [0.1, 0.15) is 59.4 Å². The molecular formula is C22H32N2O6. The minimum absolute atomic E-state index is 0.0193. The number of nitrogens with two attached hydrogens (primary N) is 1. The Balaban J connectivity index is 1.85. The van der Waals surface area contributed by atoms with Crippen LogP contribution in [-0.2, 0) is 28.5 Å². The summed E-state index contributed by atoms with van der Waals surface area (Å²) in [7, 11) is 0. The lowest BCUT2D eigenvalue weighted by atomic mass is 10.1. The van der Waals surface area contributed by atoms with Gasteiger partial charge in [0.05, 0.1) is 25.0 Å². The number of hydrogen-bond donors (Lipinski definition) is 2. The summed E-state index contributed by atoms with van der Waals surface area (Å²) in [5.41, 5.74) is 6.42. The largest absolute Gasteiger partial charge is 0.463 e. The average Bonchev–Trinajstić information content (AvgIpc) is 2.57. The smallest absolute Gasteiger partial charge is 0.311 e. The molecule has 1 aliphatic rings. The van der Waals surface area contributed by atoms with Crippen LogP contribution in [0.3, 0.4) is 0 Å². The van der Waals surface area contributed by atoms with E-state index in [-0.39, 0.29) is 31.1 Å². The molecule has 1 heterocycles. The van der Waals surface area contributed by atoms with E-state index >= 15 is 0 Å². The fourth-order valence-electron chi connectivity index (χ4n) is 3.18. The molecule has 0 aliphatic carbocycles. The fraction of sp³-hybridized carbons (Fsp3) is 0.591. The van der Waals surface area contributed by atoms with Crippen molar-refractivity contribution in [3.05, 3.63) is 29.8 Å². The first kappa shape index (κ1) is 23.8. The summed E-state index contributed by atoms with van der Waals surface area (Å²) in [6.45, 7) is 8.95. The number of nitrogens with one attached hydrogen (secondary N) is 1. The summed E-state index contributed by atoms with van der Waals surface area (Å²) in [5.74, 6) is -1.79. The number of carbonyl (C=O) groups is 2. The average molecular weight is 421 g/mol. The number of anilines is 1. The third-order valence-electron chi connectivity index (χ3n) is 4.25. The molecule has 0 spiro atoms. The van der Waals surface area contributed by atoms with Crippen molar-refractivity contribution >= 4 is 23.3 Å². The second kappa shape index (κ2) is 9.57. The highest BCUT2D eigenvalue weighted by molar-refractivity contribution is 6.07. The Kier molecular flexibility index (Phi) is 7.60. The maximum atomic E-state index is 12.2. The Labute approximate surface area is 177 Å². The highest BCUT2D eigenvalue weighted by atomic mass is 16.7. The van der Waals surface area contributed by atoms with Crippen LogP contribution in [-0.4, -0.2) is 47.9 Å². The van der Waals surface area contributed by atoms with Gasteiger partial charge < -0.3 is 30.1 Å². The van der Waals surface area contributed by atoms with Gasteiger partial charge in [0.25, 0.3) is 0 Å². The van der Waals surface area contributed by atoms with Crippen molar-refractivity contribution in [2.24, 2.45) is 0 Å². The maximum Gasteiger partial charge on any atom is 0.311 e. The lowest BCUT2D eigenvalue weighted by Gasteiger charge is -2.40. The molecule has 0 bridgehead atoms. The SMILES string of the molecule is CC(C)(C)OC(=O)C[C@H]1C[C@@H](COC(=O)CC(=N)c2ccc(N)cc2)OC(C)(C)O1. The van der Waals surface area contributed by atoms with Crippen molar-refractivity contribution in [2.75, 3.05) is 12.3 Å². The minimum atomic E-state index is -0.918. The summed E-state index contributed by atoms with van der Waals surface area (Å²) in [4.78, 5) is 24.3. The quantitative estimate of drug-likeness (QED) is 0.395. The van der Waals surface area contributed by atoms with Gasteiger partial charge in [-0.05, 0) is 52.3 Å².